The van der Waals surface area contributed by atoms with Gasteiger partial charge in [0.25, 0.3) is 5.69 Å². The largest absolute Gasteiger partial charge is 0.504 e. The number of methoxy groups -OCH3 is 1. The van der Waals surface area contributed by atoms with E-state index in [1.165, 1.54) is 13.2 Å². The molecule has 0 unspecified atom stereocenters. The third kappa shape index (κ3) is 3.37. The van der Waals surface area contributed by atoms with Gasteiger partial charge >= 0.3 is 0 Å². The Labute approximate surface area is 128 Å². The Balaban J connectivity index is 0.00000220. The SMILES string of the molecule is COc1cc([N+](=O)[O-])cc([C@@H](N)[C@@H](O)C2CCC2)c1O.Cl. The van der Waals surface area contributed by atoms with Gasteiger partial charge in [-0.05, 0) is 18.8 Å². The van der Waals surface area contributed by atoms with E-state index in [9.17, 15) is 20.3 Å². The second-order valence-electron chi connectivity index (χ2n) is 5.05. The number of ether oxygens (including phenoxy) is 1. The van der Waals surface area contributed by atoms with Crippen molar-refractivity contribution in [2.24, 2.45) is 11.7 Å². The molecule has 0 spiro atoms. The minimum Gasteiger partial charge on any atom is -0.504 e. The Bertz CT molecular complexity index is 522. The lowest BCUT2D eigenvalue weighted by atomic mass is 9.77. The molecule has 2 atom stereocenters. The summed E-state index contributed by atoms with van der Waals surface area (Å²) in [6.45, 7) is 0. The van der Waals surface area contributed by atoms with Crippen LogP contribution in [-0.2, 0) is 0 Å². The topological polar surface area (TPSA) is 119 Å². The fourth-order valence-electron chi connectivity index (χ4n) is 2.39. The first-order valence-electron chi connectivity index (χ1n) is 6.44. The van der Waals surface area contributed by atoms with Crippen LogP contribution >= 0.6 is 12.4 Å². The lowest BCUT2D eigenvalue weighted by Gasteiger charge is -2.34. The fraction of sp³-hybridized carbons (Fsp3) is 0.538. The van der Waals surface area contributed by atoms with E-state index in [4.69, 9.17) is 10.5 Å². The maximum Gasteiger partial charge on any atom is 0.273 e. The average Bonchev–Trinajstić information content (AvgIpc) is 2.35. The van der Waals surface area contributed by atoms with Crippen LogP contribution in [0.4, 0.5) is 5.69 Å². The standard InChI is InChI=1S/C13H18N2O5.ClH/c1-20-10-6-8(15(18)19)5-9(13(10)17)11(14)12(16)7-3-2-4-7;/h5-7,11-12,16-17H,2-4,14H2,1H3;1H/t11-,12+;/m1./s1. The number of aliphatic hydroxyl groups excluding tert-OH is 1. The van der Waals surface area contributed by atoms with Crippen LogP contribution in [0.2, 0.25) is 0 Å². The summed E-state index contributed by atoms with van der Waals surface area (Å²) in [5.41, 5.74) is 5.86. The Kier molecular flexibility index (Phi) is 5.77. The van der Waals surface area contributed by atoms with Crippen LogP contribution in [0.3, 0.4) is 0 Å². The van der Waals surface area contributed by atoms with Gasteiger partial charge in [-0.25, -0.2) is 0 Å². The molecule has 7 nitrogen and oxygen atoms in total. The zero-order valence-electron chi connectivity index (χ0n) is 11.6. The smallest absolute Gasteiger partial charge is 0.273 e. The molecule has 8 heteroatoms. The Morgan fingerprint density at radius 3 is 2.52 bits per heavy atom. The molecule has 2 rings (SSSR count). The van der Waals surface area contributed by atoms with Crippen LogP contribution in [0.1, 0.15) is 30.9 Å². The number of hydrogen-bond donors (Lipinski definition) is 3. The molecular formula is C13H19ClN2O5. The van der Waals surface area contributed by atoms with Crippen molar-refractivity contribution in [3.63, 3.8) is 0 Å². The maximum absolute atomic E-state index is 10.9. The van der Waals surface area contributed by atoms with E-state index in [1.54, 1.807) is 0 Å². The average molecular weight is 319 g/mol. The summed E-state index contributed by atoms with van der Waals surface area (Å²) in [7, 11) is 1.30. The summed E-state index contributed by atoms with van der Waals surface area (Å²) in [6, 6.07) is 1.43. The van der Waals surface area contributed by atoms with Gasteiger partial charge < -0.3 is 20.7 Å². The van der Waals surface area contributed by atoms with Crippen LogP contribution in [0.5, 0.6) is 11.5 Å². The Hall–Kier alpha value is -1.57. The molecule has 118 valence electrons. The molecule has 1 aliphatic rings. The van der Waals surface area contributed by atoms with Gasteiger partial charge in [-0.3, -0.25) is 10.1 Å². The van der Waals surface area contributed by atoms with Gasteiger partial charge in [0.15, 0.2) is 11.5 Å². The van der Waals surface area contributed by atoms with Crippen molar-refractivity contribution in [3.8, 4) is 11.5 Å². The molecule has 0 bridgehead atoms. The number of nitrogens with zero attached hydrogens (tertiary/aromatic N) is 1. The lowest BCUT2D eigenvalue weighted by Crippen LogP contribution is -2.36. The van der Waals surface area contributed by atoms with E-state index in [0.29, 0.717) is 0 Å². The van der Waals surface area contributed by atoms with Crippen LogP contribution in [0.25, 0.3) is 0 Å². The van der Waals surface area contributed by atoms with E-state index in [2.05, 4.69) is 0 Å². The van der Waals surface area contributed by atoms with Crippen molar-refractivity contribution in [1.82, 2.24) is 0 Å². The highest BCUT2D eigenvalue weighted by atomic mass is 35.5. The zero-order valence-corrected chi connectivity index (χ0v) is 12.4. The molecule has 1 aliphatic carbocycles. The second kappa shape index (κ2) is 6.93. The lowest BCUT2D eigenvalue weighted by molar-refractivity contribution is -0.385. The maximum atomic E-state index is 10.9. The van der Waals surface area contributed by atoms with Crippen molar-refractivity contribution in [2.45, 2.75) is 31.4 Å². The number of phenols is 1. The van der Waals surface area contributed by atoms with E-state index in [1.807, 2.05) is 0 Å². The molecule has 1 aromatic carbocycles. The Morgan fingerprint density at radius 2 is 2.10 bits per heavy atom. The molecule has 1 fully saturated rings. The summed E-state index contributed by atoms with van der Waals surface area (Å²) in [6.07, 6.45) is 1.96. The molecule has 0 radical (unpaired) electrons. The van der Waals surface area contributed by atoms with Crippen molar-refractivity contribution in [3.05, 3.63) is 27.8 Å². The number of hydrogen-bond acceptors (Lipinski definition) is 6. The first-order chi connectivity index (χ1) is 9.45. The summed E-state index contributed by atoms with van der Waals surface area (Å²) in [5, 5.41) is 31.1. The minimum absolute atomic E-state index is 0. The molecule has 0 amide bonds. The van der Waals surface area contributed by atoms with Gasteiger partial charge in [-0.1, -0.05) is 6.42 Å². The van der Waals surface area contributed by atoms with Gasteiger partial charge in [0, 0.05) is 11.6 Å². The molecule has 0 heterocycles. The Morgan fingerprint density at radius 1 is 1.48 bits per heavy atom. The van der Waals surface area contributed by atoms with Crippen molar-refractivity contribution in [2.75, 3.05) is 7.11 Å². The van der Waals surface area contributed by atoms with Gasteiger partial charge in [0.2, 0.25) is 0 Å². The molecule has 1 aromatic rings. The number of aromatic hydroxyl groups is 1. The van der Waals surface area contributed by atoms with E-state index >= 15 is 0 Å². The first-order valence-corrected chi connectivity index (χ1v) is 6.44. The molecule has 21 heavy (non-hydrogen) atoms. The predicted molar refractivity (Wildman–Crippen MR) is 78.8 cm³/mol. The minimum atomic E-state index is -0.880. The van der Waals surface area contributed by atoms with E-state index < -0.39 is 17.1 Å². The highest BCUT2D eigenvalue weighted by molar-refractivity contribution is 5.85. The van der Waals surface area contributed by atoms with Gasteiger partial charge in [-0.15, -0.1) is 12.4 Å². The molecule has 1 saturated carbocycles. The monoisotopic (exact) mass is 318 g/mol. The molecule has 0 aliphatic heterocycles. The normalized spacial score (nSPS) is 17.3. The first kappa shape index (κ1) is 17.5. The fourth-order valence-corrected chi connectivity index (χ4v) is 2.39. The highest BCUT2D eigenvalue weighted by Crippen LogP contribution is 2.41. The number of halogens is 1. The van der Waals surface area contributed by atoms with Crippen molar-refractivity contribution < 1.29 is 19.9 Å². The number of benzene rings is 1. The van der Waals surface area contributed by atoms with Gasteiger partial charge in [0.1, 0.15) is 0 Å². The summed E-state index contributed by atoms with van der Waals surface area (Å²) >= 11 is 0. The third-order valence-electron chi connectivity index (χ3n) is 3.88. The third-order valence-corrected chi connectivity index (χ3v) is 3.88. The van der Waals surface area contributed by atoms with Crippen LogP contribution < -0.4 is 10.5 Å². The number of nitrogens with two attached hydrogens (primary N) is 1. The second-order valence-corrected chi connectivity index (χ2v) is 5.05. The summed E-state index contributed by atoms with van der Waals surface area (Å²) in [4.78, 5) is 10.3. The summed E-state index contributed by atoms with van der Waals surface area (Å²) in [5.74, 6) is -0.205. The van der Waals surface area contributed by atoms with E-state index in [0.717, 1.165) is 25.3 Å². The number of rotatable bonds is 5. The predicted octanol–water partition coefficient (Wildman–Crippen LogP) is 1.89. The van der Waals surface area contributed by atoms with Gasteiger partial charge in [0.05, 0.1) is 30.2 Å². The van der Waals surface area contributed by atoms with Crippen LogP contribution in [0, 0.1) is 16.0 Å². The zero-order chi connectivity index (χ0) is 14.9. The van der Waals surface area contributed by atoms with Crippen molar-refractivity contribution in [1.29, 1.82) is 0 Å². The number of non-ortho nitro benzene ring substituents is 1. The van der Waals surface area contributed by atoms with Gasteiger partial charge in [-0.2, -0.15) is 0 Å². The summed E-state index contributed by atoms with van der Waals surface area (Å²) < 4.78 is 4.92. The number of nitro groups is 1. The number of nitro benzene ring substituents is 1. The number of phenolic OH excluding ortho intramolecular Hbond substituents is 1. The molecule has 0 aromatic heterocycles. The van der Waals surface area contributed by atoms with Crippen LogP contribution in [0.15, 0.2) is 12.1 Å². The van der Waals surface area contributed by atoms with E-state index in [-0.39, 0.29) is 41.1 Å². The molecule has 0 saturated heterocycles. The highest BCUT2D eigenvalue weighted by Gasteiger charge is 2.33. The quantitative estimate of drug-likeness (QED) is 0.563. The van der Waals surface area contributed by atoms with Crippen LogP contribution in [-0.4, -0.2) is 28.4 Å². The van der Waals surface area contributed by atoms with Crippen molar-refractivity contribution >= 4 is 18.1 Å². The molecule has 4 N–H and O–H groups in total. The number of aliphatic hydroxyl groups is 1. The molecular weight excluding hydrogens is 300 g/mol.